The first-order chi connectivity index (χ1) is 13.4. The average Bonchev–Trinajstić information content (AvgIpc) is 2.67. The van der Waals surface area contributed by atoms with E-state index in [2.05, 4.69) is 15.9 Å². The van der Waals surface area contributed by atoms with Gasteiger partial charge < -0.3 is 4.74 Å². The van der Waals surface area contributed by atoms with E-state index in [9.17, 15) is 13.2 Å². The number of hydrogen-bond donors (Lipinski definition) is 0. The monoisotopic (exact) mass is 456 g/mol. The number of carbonyl (C=O) groups excluding carboxylic acids is 1. The molecule has 0 N–H and O–H groups in total. The van der Waals surface area contributed by atoms with E-state index in [1.54, 1.807) is 37.3 Å². The Morgan fingerprint density at radius 1 is 0.893 bits per heavy atom. The minimum absolute atomic E-state index is 0.151. The Kier molecular flexibility index (Phi) is 4.85. The summed E-state index contributed by atoms with van der Waals surface area (Å²) in [6.07, 6.45) is 0. The maximum Gasteiger partial charge on any atom is 0.331 e. The Bertz CT molecular complexity index is 1150. The molecule has 1 aliphatic heterocycles. The number of sulfone groups is 1. The van der Waals surface area contributed by atoms with Gasteiger partial charge in [-0.1, -0.05) is 64.5 Å². The summed E-state index contributed by atoms with van der Waals surface area (Å²) in [5.41, 5.74) is 2.03. The van der Waals surface area contributed by atoms with E-state index in [0.717, 1.165) is 10.0 Å². The molecule has 0 bridgehead atoms. The van der Waals surface area contributed by atoms with E-state index in [0.29, 0.717) is 16.9 Å². The topological polar surface area (TPSA) is 60.4 Å². The van der Waals surface area contributed by atoms with Crippen LogP contribution in [0.2, 0.25) is 0 Å². The van der Waals surface area contributed by atoms with E-state index < -0.39 is 27.0 Å². The van der Waals surface area contributed by atoms with E-state index in [-0.39, 0.29) is 4.90 Å². The molecular formula is C22H17BrO4S. The molecule has 0 radical (unpaired) electrons. The molecule has 1 aliphatic rings. The highest BCUT2D eigenvalue weighted by Gasteiger charge is 2.47. The molecule has 28 heavy (non-hydrogen) atoms. The van der Waals surface area contributed by atoms with Crippen molar-refractivity contribution in [2.24, 2.45) is 0 Å². The quantitative estimate of drug-likeness (QED) is 0.425. The highest BCUT2D eigenvalue weighted by molar-refractivity contribution is 9.10. The van der Waals surface area contributed by atoms with Crippen molar-refractivity contribution in [3.05, 3.63) is 94.0 Å². The van der Waals surface area contributed by atoms with Crippen LogP contribution in [-0.4, -0.2) is 19.6 Å². The SMILES string of the molecule is Cc1ccccc1S(=O)(=O)C1C(=O)Oc2ccccc2C1c1ccc(Br)cc1. The van der Waals surface area contributed by atoms with Crippen LogP contribution >= 0.6 is 15.9 Å². The van der Waals surface area contributed by atoms with Gasteiger partial charge in [0.15, 0.2) is 15.1 Å². The number of para-hydroxylation sites is 1. The summed E-state index contributed by atoms with van der Waals surface area (Å²) in [4.78, 5) is 13.1. The highest BCUT2D eigenvalue weighted by atomic mass is 79.9. The van der Waals surface area contributed by atoms with Gasteiger partial charge in [0.1, 0.15) is 5.75 Å². The number of esters is 1. The predicted molar refractivity (Wildman–Crippen MR) is 110 cm³/mol. The minimum atomic E-state index is -3.98. The van der Waals surface area contributed by atoms with E-state index in [1.165, 1.54) is 6.07 Å². The van der Waals surface area contributed by atoms with Crippen LogP contribution < -0.4 is 4.74 Å². The summed E-state index contributed by atoms with van der Waals surface area (Å²) in [5, 5.41) is -1.36. The second kappa shape index (κ2) is 7.18. The zero-order valence-corrected chi connectivity index (χ0v) is 17.4. The normalized spacial score (nSPS) is 19.0. The predicted octanol–water partition coefficient (Wildman–Crippen LogP) is 4.65. The average molecular weight is 457 g/mol. The lowest BCUT2D eigenvalue weighted by Crippen LogP contribution is -2.43. The summed E-state index contributed by atoms with van der Waals surface area (Å²) in [7, 11) is -3.98. The Labute approximate surface area is 172 Å². The lowest BCUT2D eigenvalue weighted by Gasteiger charge is -2.32. The van der Waals surface area contributed by atoms with Crippen molar-refractivity contribution in [1.29, 1.82) is 0 Å². The zero-order valence-electron chi connectivity index (χ0n) is 15.0. The van der Waals surface area contributed by atoms with Gasteiger partial charge in [0.05, 0.1) is 4.90 Å². The number of halogens is 1. The van der Waals surface area contributed by atoms with Crippen LogP contribution in [0.1, 0.15) is 22.6 Å². The summed E-state index contributed by atoms with van der Waals surface area (Å²) in [6, 6.07) is 21.2. The van der Waals surface area contributed by atoms with Gasteiger partial charge in [-0.25, -0.2) is 8.42 Å². The van der Waals surface area contributed by atoms with Gasteiger partial charge in [0.2, 0.25) is 0 Å². The summed E-state index contributed by atoms with van der Waals surface area (Å²) in [5.74, 6) is -1.01. The molecule has 3 aromatic carbocycles. The molecule has 142 valence electrons. The lowest BCUT2D eigenvalue weighted by atomic mass is 9.86. The molecule has 0 aromatic heterocycles. The van der Waals surface area contributed by atoms with Crippen molar-refractivity contribution >= 4 is 31.7 Å². The fourth-order valence-corrected chi connectivity index (χ4v) is 5.93. The fraction of sp³-hybridized carbons (Fsp3) is 0.136. The first kappa shape index (κ1) is 18.9. The Balaban J connectivity index is 1.95. The number of ether oxygens (including phenoxy) is 1. The first-order valence-electron chi connectivity index (χ1n) is 8.75. The van der Waals surface area contributed by atoms with Crippen LogP contribution in [0.25, 0.3) is 0 Å². The summed E-state index contributed by atoms with van der Waals surface area (Å²) in [6.45, 7) is 1.73. The molecule has 0 spiro atoms. The fourth-order valence-electron chi connectivity index (χ4n) is 3.64. The van der Waals surface area contributed by atoms with E-state index >= 15 is 0 Å². The zero-order chi connectivity index (χ0) is 19.9. The molecule has 2 unspecified atom stereocenters. The number of carbonyl (C=O) groups is 1. The van der Waals surface area contributed by atoms with Gasteiger partial charge in [-0.2, -0.15) is 0 Å². The Hall–Kier alpha value is -2.44. The third kappa shape index (κ3) is 3.16. The number of benzene rings is 3. The van der Waals surface area contributed by atoms with Gasteiger partial charge in [0, 0.05) is 16.0 Å². The van der Waals surface area contributed by atoms with Crippen LogP contribution in [-0.2, 0) is 14.6 Å². The van der Waals surface area contributed by atoms with Crippen LogP contribution in [0.3, 0.4) is 0 Å². The molecule has 2 atom stereocenters. The largest absolute Gasteiger partial charge is 0.425 e. The molecule has 4 nitrogen and oxygen atoms in total. The minimum Gasteiger partial charge on any atom is -0.425 e. The standard InChI is InChI=1S/C22H17BrO4S/c1-14-6-2-5-9-19(14)28(25,26)21-20(15-10-12-16(23)13-11-15)17-7-3-4-8-18(17)27-22(21)24/h2-13,20-21H,1H3. The second-order valence-corrected chi connectivity index (χ2v) is 9.67. The van der Waals surface area contributed by atoms with Crippen molar-refractivity contribution in [2.45, 2.75) is 23.0 Å². The Morgan fingerprint density at radius 2 is 1.54 bits per heavy atom. The third-order valence-corrected chi connectivity index (χ3v) is 7.70. The molecule has 0 aliphatic carbocycles. The van der Waals surface area contributed by atoms with Crippen molar-refractivity contribution in [2.75, 3.05) is 0 Å². The van der Waals surface area contributed by atoms with Crippen molar-refractivity contribution < 1.29 is 17.9 Å². The maximum atomic E-state index is 13.6. The Morgan fingerprint density at radius 3 is 2.25 bits per heavy atom. The summed E-state index contributed by atoms with van der Waals surface area (Å²) >= 11 is 3.40. The molecule has 4 rings (SSSR count). The van der Waals surface area contributed by atoms with Gasteiger partial charge in [0.25, 0.3) is 0 Å². The molecule has 0 saturated carbocycles. The van der Waals surface area contributed by atoms with Gasteiger partial charge >= 0.3 is 5.97 Å². The smallest absolute Gasteiger partial charge is 0.331 e. The summed E-state index contributed by atoms with van der Waals surface area (Å²) < 4.78 is 33.5. The number of aryl methyl sites for hydroxylation is 1. The van der Waals surface area contributed by atoms with Crippen molar-refractivity contribution in [1.82, 2.24) is 0 Å². The second-order valence-electron chi connectivity index (χ2n) is 6.72. The van der Waals surface area contributed by atoms with Crippen molar-refractivity contribution in [3.8, 4) is 5.75 Å². The number of fused-ring (bicyclic) bond motifs is 1. The van der Waals surface area contributed by atoms with Crippen LogP contribution in [0.15, 0.2) is 82.2 Å². The van der Waals surface area contributed by atoms with Gasteiger partial charge in [-0.05, 0) is 42.3 Å². The molecule has 1 heterocycles. The number of rotatable bonds is 3. The molecule has 3 aromatic rings. The maximum absolute atomic E-state index is 13.6. The van der Waals surface area contributed by atoms with E-state index in [4.69, 9.17) is 4.74 Å². The van der Waals surface area contributed by atoms with Crippen LogP contribution in [0.5, 0.6) is 5.75 Å². The molecule has 0 amide bonds. The first-order valence-corrected chi connectivity index (χ1v) is 11.1. The van der Waals surface area contributed by atoms with E-state index in [1.807, 2.05) is 36.4 Å². The molecular weight excluding hydrogens is 440 g/mol. The van der Waals surface area contributed by atoms with Crippen molar-refractivity contribution in [3.63, 3.8) is 0 Å². The third-order valence-electron chi connectivity index (χ3n) is 4.96. The van der Waals surface area contributed by atoms with Crippen LogP contribution in [0.4, 0.5) is 0 Å². The lowest BCUT2D eigenvalue weighted by molar-refractivity contribution is -0.135. The highest BCUT2D eigenvalue weighted by Crippen LogP contribution is 2.43. The van der Waals surface area contributed by atoms with Gasteiger partial charge in [-0.15, -0.1) is 0 Å². The number of hydrogen-bond acceptors (Lipinski definition) is 4. The van der Waals surface area contributed by atoms with Crippen LogP contribution in [0, 0.1) is 6.92 Å². The molecule has 0 saturated heterocycles. The molecule has 0 fully saturated rings. The molecule has 6 heteroatoms. The van der Waals surface area contributed by atoms with Gasteiger partial charge in [-0.3, -0.25) is 4.79 Å².